The zero-order valence-electron chi connectivity index (χ0n) is 16.9. The smallest absolute Gasteiger partial charge is 0.134 e. The summed E-state index contributed by atoms with van der Waals surface area (Å²) in [6.07, 6.45) is 2.13. The van der Waals surface area contributed by atoms with Crippen LogP contribution in [0.15, 0.2) is 79.0 Å². The van der Waals surface area contributed by atoms with Gasteiger partial charge in [0.1, 0.15) is 22.9 Å². The first-order valence-electron chi connectivity index (χ1n) is 9.79. The minimum atomic E-state index is 0.711. The van der Waals surface area contributed by atoms with Crippen molar-refractivity contribution in [3.05, 3.63) is 84.6 Å². The van der Waals surface area contributed by atoms with Gasteiger partial charge in [-0.2, -0.15) is 0 Å². The molecule has 0 N–H and O–H groups in total. The van der Waals surface area contributed by atoms with E-state index >= 15 is 0 Å². The minimum Gasteiger partial charge on any atom is -0.497 e. The van der Waals surface area contributed by atoms with E-state index in [2.05, 4.69) is 57.4 Å². The van der Waals surface area contributed by atoms with Crippen molar-refractivity contribution in [1.82, 2.24) is 14.8 Å². The maximum atomic E-state index is 5.74. The molecule has 30 heavy (non-hydrogen) atoms. The van der Waals surface area contributed by atoms with Gasteiger partial charge in [-0.15, -0.1) is 10.2 Å². The zero-order chi connectivity index (χ0) is 20.5. The van der Waals surface area contributed by atoms with Crippen molar-refractivity contribution < 1.29 is 9.47 Å². The SMILES string of the molecule is COc1cc(OC)c2c3nnc(-c4ccccc4)c-3cn(Cc3ccccc3)c2c1. The van der Waals surface area contributed by atoms with E-state index in [1.165, 1.54) is 5.56 Å². The van der Waals surface area contributed by atoms with E-state index in [1.54, 1.807) is 14.2 Å². The highest BCUT2D eigenvalue weighted by Gasteiger charge is 2.23. The summed E-state index contributed by atoms with van der Waals surface area (Å²) in [7, 11) is 3.33. The number of ether oxygens (including phenoxy) is 2. The lowest BCUT2D eigenvalue weighted by molar-refractivity contribution is 0.397. The quantitative estimate of drug-likeness (QED) is 0.407. The molecule has 0 spiro atoms. The first kappa shape index (κ1) is 18.2. The van der Waals surface area contributed by atoms with E-state index in [0.29, 0.717) is 6.54 Å². The van der Waals surface area contributed by atoms with Crippen LogP contribution in [0.4, 0.5) is 0 Å². The maximum Gasteiger partial charge on any atom is 0.134 e. The van der Waals surface area contributed by atoms with Crippen LogP contribution in [0.2, 0.25) is 0 Å². The van der Waals surface area contributed by atoms with Gasteiger partial charge >= 0.3 is 0 Å². The number of pyridine rings is 1. The second-order valence-electron chi connectivity index (χ2n) is 7.14. The van der Waals surface area contributed by atoms with Crippen LogP contribution in [-0.2, 0) is 6.54 Å². The summed E-state index contributed by atoms with van der Waals surface area (Å²) in [6, 6.07) is 24.4. The summed E-state index contributed by atoms with van der Waals surface area (Å²) in [4.78, 5) is 0. The van der Waals surface area contributed by atoms with Crippen molar-refractivity contribution in [3.63, 3.8) is 0 Å². The van der Waals surface area contributed by atoms with Crippen LogP contribution in [0.5, 0.6) is 11.5 Å². The fourth-order valence-corrected chi connectivity index (χ4v) is 3.89. The van der Waals surface area contributed by atoms with Gasteiger partial charge in [0.15, 0.2) is 0 Å². The van der Waals surface area contributed by atoms with Gasteiger partial charge in [0.05, 0.1) is 25.1 Å². The second-order valence-corrected chi connectivity index (χ2v) is 7.14. The summed E-state index contributed by atoms with van der Waals surface area (Å²) in [5.41, 5.74) is 5.92. The standard InChI is InChI=1S/C25H21N3O2/c1-29-19-13-21-23(22(14-19)30-2)25-20(16-28(21)15-17-9-5-3-6-10-17)24(26-27-25)18-11-7-4-8-12-18/h3-14,16H,15H2,1-2H3. The molecule has 0 atom stereocenters. The average molecular weight is 395 g/mol. The molecule has 2 aliphatic heterocycles. The molecule has 2 aliphatic rings. The zero-order valence-corrected chi connectivity index (χ0v) is 16.9. The normalized spacial score (nSPS) is 11.1. The van der Waals surface area contributed by atoms with Crippen molar-refractivity contribution in [2.24, 2.45) is 0 Å². The number of nitrogens with zero attached hydrogens (tertiary/aromatic N) is 3. The van der Waals surface area contributed by atoms with Gasteiger partial charge in [-0.1, -0.05) is 60.7 Å². The molecule has 5 nitrogen and oxygen atoms in total. The van der Waals surface area contributed by atoms with Gasteiger partial charge in [0, 0.05) is 36.0 Å². The Balaban J connectivity index is 1.82. The molecule has 2 heterocycles. The molecule has 5 rings (SSSR count). The third-order valence-electron chi connectivity index (χ3n) is 5.34. The predicted octanol–water partition coefficient (Wildman–Crippen LogP) is 5.27. The molecule has 0 unspecified atom stereocenters. The predicted molar refractivity (Wildman–Crippen MR) is 118 cm³/mol. The first-order chi connectivity index (χ1) is 14.8. The number of benzene rings is 3. The molecule has 0 aromatic heterocycles. The van der Waals surface area contributed by atoms with Gasteiger partial charge in [0.2, 0.25) is 0 Å². The highest BCUT2D eigenvalue weighted by atomic mass is 16.5. The van der Waals surface area contributed by atoms with Gasteiger partial charge in [-0.05, 0) is 5.56 Å². The maximum absolute atomic E-state index is 5.74. The van der Waals surface area contributed by atoms with Crippen molar-refractivity contribution in [2.45, 2.75) is 6.54 Å². The number of hydrogen-bond donors (Lipinski definition) is 0. The largest absolute Gasteiger partial charge is 0.497 e. The Hall–Kier alpha value is -3.86. The number of fused-ring (bicyclic) bond motifs is 3. The fourth-order valence-electron chi connectivity index (χ4n) is 3.89. The molecule has 0 bridgehead atoms. The van der Waals surface area contributed by atoms with Crippen molar-refractivity contribution in [1.29, 1.82) is 0 Å². The number of hydrogen-bond acceptors (Lipinski definition) is 4. The van der Waals surface area contributed by atoms with E-state index in [9.17, 15) is 0 Å². The van der Waals surface area contributed by atoms with Crippen LogP contribution in [0.25, 0.3) is 33.4 Å². The molecule has 3 aromatic rings. The molecule has 0 aliphatic carbocycles. The molecule has 0 radical (unpaired) electrons. The second kappa shape index (κ2) is 7.52. The lowest BCUT2D eigenvalue weighted by Crippen LogP contribution is -2.05. The Morgan fingerprint density at radius 3 is 2.20 bits per heavy atom. The van der Waals surface area contributed by atoms with Crippen LogP contribution in [0, 0.1) is 0 Å². The van der Waals surface area contributed by atoms with Gasteiger partial charge < -0.3 is 14.0 Å². The molecule has 0 saturated carbocycles. The van der Waals surface area contributed by atoms with Crippen molar-refractivity contribution in [2.75, 3.05) is 14.2 Å². The van der Waals surface area contributed by atoms with Crippen LogP contribution >= 0.6 is 0 Å². The fraction of sp³-hybridized carbons (Fsp3) is 0.120. The van der Waals surface area contributed by atoms with Crippen LogP contribution in [-0.4, -0.2) is 29.0 Å². The third-order valence-corrected chi connectivity index (χ3v) is 5.34. The Morgan fingerprint density at radius 1 is 0.800 bits per heavy atom. The summed E-state index contributed by atoms with van der Waals surface area (Å²) < 4.78 is 13.5. The molecule has 3 aromatic carbocycles. The molecule has 5 heteroatoms. The van der Waals surface area contributed by atoms with Crippen LogP contribution in [0.1, 0.15) is 5.56 Å². The summed E-state index contributed by atoms with van der Waals surface area (Å²) in [5.74, 6) is 1.46. The van der Waals surface area contributed by atoms with Gasteiger partial charge in [-0.25, -0.2) is 0 Å². The van der Waals surface area contributed by atoms with E-state index in [4.69, 9.17) is 9.47 Å². The average Bonchev–Trinajstić information content (AvgIpc) is 3.23. The Bertz CT molecular complexity index is 1280. The molecular weight excluding hydrogens is 374 g/mol. The molecule has 148 valence electrons. The Labute approximate surface area is 174 Å². The molecule has 0 fully saturated rings. The third kappa shape index (κ3) is 3.05. The first-order valence-corrected chi connectivity index (χ1v) is 9.79. The highest BCUT2D eigenvalue weighted by molar-refractivity contribution is 6.02. The highest BCUT2D eigenvalue weighted by Crippen LogP contribution is 2.42. The number of methoxy groups -OCH3 is 2. The van der Waals surface area contributed by atoms with Crippen molar-refractivity contribution in [3.8, 4) is 34.0 Å². The Kier molecular flexibility index (Phi) is 4.56. The van der Waals surface area contributed by atoms with E-state index in [1.807, 2.05) is 36.4 Å². The molecule has 0 saturated heterocycles. The lowest BCUT2D eigenvalue weighted by atomic mass is 10.0. The van der Waals surface area contributed by atoms with E-state index < -0.39 is 0 Å². The lowest BCUT2D eigenvalue weighted by Gasteiger charge is -2.18. The minimum absolute atomic E-state index is 0.711. The van der Waals surface area contributed by atoms with Crippen molar-refractivity contribution >= 4 is 10.9 Å². The summed E-state index contributed by atoms with van der Waals surface area (Å²) in [6.45, 7) is 0.711. The van der Waals surface area contributed by atoms with E-state index in [-0.39, 0.29) is 0 Å². The monoisotopic (exact) mass is 395 g/mol. The van der Waals surface area contributed by atoms with E-state index in [0.717, 1.165) is 44.9 Å². The summed E-state index contributed by atoms with van der Waals surface area (Å²) >= 11 is 0. The molecule has 0 amide bonds. The van der Waals surface area contributed by atoms with Crippen LogP contribution < -0.4 is 9.47 Å². The summed E-state index contributed by atoms with van der Waals surface area (Å²) in [5, 5.41) is 10.0. The molecular formula is C25H21N3O2. The number of aromatic nitrogens is 3. The topological polar surface area (TPSA) is 49.2 Å². The number of rotatable bonds is 5. The van der Waals surface area contributed by atoms with Gasteiger partial charge in [-0.3, -0.25) is 0 Å². The van der Waals surface area contributed by atoms with Gasteiger partial charge in [0.25, 0.3) is 0 Å². The Morgan fingerprint density at radius 2 is 1.50 bits per heavy atom. The van der Waals surface area contributed by atoms with Crippen LogP contribution in [0.3, 0.4) is 0 Å².